The number of fused-ring (bicyclic) bond motifs is 2. The van der Waals surface area contributed by atoms with Gasteiger partial charge in [0.1, 0.15) is 0 Å². The maximum absolute atomic E-state index is 13.5. The standard InChI is InChI=1S/C22H23N3O4S/c26-22(16-4-5-18-20(12-16)30-14-23-18)25(7-6-24-8-10-27-11-9-24)13-17-2-1-3-19-21(17)29-15-28-19/h1-5,12,14H,6-11,13,15H2. The molecular formula is C22H23N3O4S. The molecule has 1 fully saturated rings. The maximum Gasteiger partial charge on any atom is 0.254 e. The molecule has 0 atom stereocenters. The molecule has 0 bridgehead atoms. The SMILES string of the molecule is O=C(c1ccc2ncsc2c1)N(CCN1CCOCC1)Cc1cccc2c1OCO2. The summed E-state index contributed by atoms with van der Waals surface area (Å²) < 4.78 is 17.6. The molecule has 0 N–H and O–H groups in total. The van der Waals surface area contributed by atoms with Gasteiger partial charge in [-0.3, -0.25) is 9.69 Å². The van der Waals surface area contributed by atoms with Crippen LogP contribution in [0.25, 0.3) is 10.2 Å². The van der Waals surface area contributed by atoms with Gasteiger partial charge in [-0.1, -0.05) is 12.1 Å². The summed E-state index contributed by atoms with van der Waals surface area (Å²) in [6.07, 6.45) is 0. The minimum atomic E-state index is 0.00933. The van der Waals surface area contributed by atoms with Gasteiger partial charge in [-0.05, 0) is 24.3 Å². The Morgan fingerprint density at radius 3 is 2.97 bits per heavy atom. The first kappa shape index (κ1) is 19.3. The zero-order valence-corrected chi connectivity index (χ0v) is 17.4. The van der Waals surface area contributed by atoms with Gasteiger partial charge in [0.25, 0.3) is 5.91 Å². The predicted octanol–water partition coefficient (Wildman–Crippen LogP) is 3.00. The van der Waals surface area contributed by atoms with Gasteiger partial charge in [-0.25, -0.2) is 4.98 Å². The molecule has 0 aliphatic carbocycles. The van der Waals surface area contributed by atoms with Crippen molar-refractivity contribution in [1.29, 1.82) is 0 Å². The summed E-state index contributed by atoms with van der Waals surface area (Å²) in [5.41, 5.74) is 4.36. The van der Waals surface area contributed by atoms with Crippen molar-refractivity contribution in [3.05, 3.63) is 53.0 Å². The second kappa shape index (κ2) is 8.59. The third-order valence-corrected chi connectivity index (χ3v) is 6.29. The first-order chi connectivity index (χ1) is 14.8. The summed E-state index contributed by atoms with van der Waals surface area (Å²) in [5, 5.41) is 0. The number of amides is 1. The first-order valence-electron chi connectivity index (χ1n) is 10.1. The fraction of sp³-hybridized carbons (Fsp3) is 0.364. The molecule has 5 rings (SSSR count). The minimum absolute atomic E-state index is 0.00933. The summed E-state index contributed by atoms with van der Waals surface area (Å²) in [7, 11) is 0. The van der Waals surface area contributed by atoms with Crippen LogP contribution in [0.4, 0.5) is 0 Å². The Morgan fingerprint density at radius 1 is 1.17 bits per heavy atom. The van der Waals surface area contributed by atoms with Crippen molar-refractivity contribution in [2.24, 2.45) is 0 Å². The molecule has 30 heavy (non-hydrogen) atoms. The lowest BCUT2D eigenvalue weighted by atomic mass is 10.1. The fourth-order valence-corrected chi connectivity index (χ4v) is 4.55. The van der Waals surface area contributed by atoms with E-state index >= 15 is 0 Å². The highest BCUT2D eigenvalue weighted by molar-refractivity contribution is 7.16. The zero-order chi connectivity index (χ0) is 20.3. The molecule has 2 aliphatic rings. The van der Waals surface area contributed by atoms with Crippen molar-refractivity contribution in [2.75, 3.05) is 46.2 Å². The summed E-state index contributed by atoms with van der Waals surface area (Å²) >= 11 is 1.55. The summed E-state index contributed by atoms with van der Waals surface area (Å²) in [4.78, 5) is 22.0. The van der Waals surface area contributed by atoms with Gasteiger partial charge in [-0.15, -0.1) is 11.3 Å². The number of carbonyl (C=O) groups excluding carboxylic acids is 1. The lowest BCUT2D eigenvalue weighted by molar-refractivity contribution is 0.0320. The average molecular weight is 426 g/mol. The van der Waals surface area contributed by atoms with Gasteiger partial charge in [0.15, 0.2) is 11.5 Å². The third kappa shape index (κ3) is 3.98. The van der Waals surface area contributed by atoms with E-state index in [0.29, 0.717) is 18.7 Å². The molecule has 2 aliphatic heterocycles. The van der Waals surface area contributed by atoms with Crippen molar-refractivity contribution in [1.82, 2.24) is 14.8 Å². The molecule has 7 nitrogen and oxygen atoms in total. The molecule has 1 amide bonds. The number of hydrogen-bond donors (Lipinski definition) is 0. The Morgan fingerprint density at radius 2 is 2.07 bits per heavy atom. The van der Waals surface area contributed by atoms with Crippen LogP contribution in [-0.4, -0.2) is 66.9 Å². The monoisotopic (exact) mass is 425 g/mol. The molecule has 2 aromatic carbocycles. The Bertz CT molecular complexity index is 1050. The van der Waals surface area contributed by atoms with Crippen molar-refractivity contribution >= 4 is 27.5 Å². The van der Waals surface area contributed by atoms with Crippen LogP contribution in [0.15, 0.2) is 41.9 Å². The van der Waals surface area contributed by atoms with Crippen LogP contribution in [0, 0.1) is 0 Å². The Labute approximate surface area is 178 Å². The topological polar surface area (TPSA) is 64.1 Å². The predicted molar refractivity (Wildman–Crippen MR) is 114 cm³/mol. The van der Waals surface area contributed by atoms with E-state index in [1.54, 1.807) is 16.8 Å². The van der Waals surface area contributed by atoms with Crippen LogP contribution in [0.5, 0.6) is 11.5 Å². The highest BCUT2D eigenvalue weighted by Gasteiger charge is 2.23. The molecule has 0 radical (unpaired) electrons. The summed E-state index contributed by atoms with van der Waals surface area (Å²) in [5.74, 6) is 1.48. The van der Waals surface area contributed by atoms with E-state index in [1.807, 2.05) is 41.3 Å². The van der Waals surface area contributed by atoms with Gasteiger partial charge in [0, 0.05) is 43.9 Å². The number of para-hydroxylation sites is 1. The van der Waals surface area contributed by atoms with Gasteiger partial charge in [-0.2, -0.15) is 0 Å². The highest BCUT2D eigenvalue weighted by atomic mass is 32.1. The van der Waals surface area contributed by atoms with E-state index in [4.69, 9.17) is 14.2 Å². The number of ether oxygens (including phenoxy) is 3. The second-order valence-corrected chi connectivity index (χ2v) is 8.25. The van der Waals surface area contributed by atoms with Crippen LogP contribution in [0.1, 0.15) is 15.9 Å². The highest BCUT2D eigenvalue weighted by Crippen LogP contribution is 2.36. The molecule has 156 valence electrons. The maximum atomic E-state index is 13.5. The molecule has 0 unspecified atom stereocenters. The number of benzene rings is 2. The molecular weight excluding hydrogens is 402 g/mol. The molecule has 0 spiro atoms. The van der Waals surface area contributed by atoms with Gasteiger partial charge < -0.3 is 19.1 Å². The minimum Gasteiger partial charge on any atom is -0.454 e. The number of hydrogen-bond acceptors (Lipinski definition) is 7. The fourth-order valence-electron chi connectivity index (χ4n) is 3.83. The first-order valence-corrected chi connectivity index (χ1v) is 11.0. The van der Waals surface area contributed by atoms with Crippen LogP contribution < -0.4 is 9.47 Å². The molecule has 0 saturated carbocycles. The molecule has 3 aromatic rings. The van der Waals surface area contributed by atoms with Crippen molar-refractivity contribution in [3.8, 4) is 11.5 Å². The van der Waals surface area contributed by atoms with Crippen LogP contribution in [-0.2, 0) is 11.3 Å². The second-order valence-electron chi connectivity index (χ2n) is 7.37. The normalized spacial score (nSPS) is 16.1. The summed E-state index contributed by atoms with van der Waals surface area (Å²) in [6.45, 7) is 5.40. The molecule has 8 heteroatoms. The van der Waals surface area contributed by atoms with E-state index in [-0.39, 0.29) is 12.7 Å². The average Bonchev–Trinajstić information content (AvgIpc) is 3.46. The van der Waals surface area contributed by atoms with E-state index in [0.717, 1.165) is 60.1 Å². The van der Waals surface area contributed by atoms with Crippen molar-refractivity contribution in [3.63, 3.8) is 0 Å². The zero-order valence-electron chi connectivity index (χ0n) is 16.6. The number of rotatable bonds is 6. The van der Waals surface area contributed by atoms with Gasteiger partial charge >= 0.3 is 0 Å². The van der Waals surface area contributed by atoms with E-state index in [2.05, 4.69) is 9.88 Å². The number of morpholine rings is 1. The third-order valence-electron chi connectivity index (χ3n) is 5.49. The number of aromatic nitrogens is 1. The number of carbonyl (C=O) groups is 1. The van der Waals surface area contributed by atoms with Crippen LogP contribution in [0.3, 0.4) is 0 Å². The van der Waals surface area contributed by atoms with Gasteiger partial charge in [0.05, 0.1) is 28.9 Å². The Balaban J connectivity index is 1.39. The molecule has 3 heterocycles. The molecule has 1 saturated heterocycles. The van der Waals surface area contributed by atoms with E-state index < -0.39 is 0 Å². The van der Waals surface area contributed by atoms with Gasteiger partial charge in [0.2, 0.25) is 6.79 Å². The smallest absolute Gasteiger partial charge is 0.254 e. The Kier molecular flexibility index (Phi) is 5.52. The number of nitrogens with zero attached hydrogens (tertiary/aromatic N) is 3. The van der Waals surface area contributed by atoms with Crippen molar-refractivity contribution in [2.45, 2.75) is 6.54 Å². The molecule has 1 aromatic heterocycles. The van der Waals surface area contributed by atoms with Crippen LogP contribution in [0.2, 0.25) is 0 Å². The lowest BCUT2D eigenvalue weighted by Gasteiger charge is -2.30. The quantitative estimate of drug-likeness (QED) is 0.605. The van der Waals surface area contributed by atoms with E-state index in [1.165, 1.54) is 0 Å². The summed E-state index contributed by atoms with van der Waals surface area (Å²) in [6, 6.07) is 11.5. The van der Waals surface area contributed by atoms with Crippen LogP contribution >= 0.6 is 11.3 Å². The Hall–Kier alpha value is -2.68. The van der Waals surface area contributed by atoms with E-state index in [9.17, 15) is 4.79 Å². The number of thiazole rings is 1. The largest absolute Gasteiger partial charge is 0.454 e. The van der Waals surface area contributed by atoms with Crippen molar-refractivity contribution < 1.29 is 19.0 Å². The lowest BCUT2D eigenvalue weighted by Crippen LogP contribution is -2.42.